The summed E-state index contributed by atoms with van der Waals surface area (Å²) < 4.78 is 19.2. The van der Waals surface area contributed by atoms with Crippen molar-refractivity contribution in [1.29, 1.82) is 0 Å². The van der Waals surface area contributed by atoms with E-state index in [0.29, 0.717) is 0 Å². The molecule has 3 heterocycles. The second kappa shape index (κ2) is 13.2. The first-order valence-electron chi connectivity index (χ1n) is 18.9. The van der Waals surface area contributed by atoms with Crippen molar-refractivity contribution in [2.24, 2.45) is 0 Å². The minimum Gasteiger partial charge on any atom is -0.473 e. The van der Waals surface area contributed by atoms with Crippen molar-refractivity contribution >= 4 is 40.0 Å². The summed E-state index contributed by atoms with van der Waals surface area (Å²) >= 11 is 1.83. The van der Waals surface area contributed by atoms with Crippen LogP contribution in [-0.4, -0.2) is 58.9 Å². The first-order valence-corrected chi connectivity index (χ1v) is 20.2. The summed E-state index contributed by atoms with van der Waals surface area (Å²) in [6.07, 6.45) is 17.8. The Kier molecular flexibility index (Phi) is 8.53. The lowest BCUT2D eigenvalue weighted by molar-refractivity contribution is 0.122. The quantitative estimate of drug-likeness (QED) is 0.179. The molecule has 6 heteroatoms. The van der Waals surface area contributed by atoms with Crippen LogP contribution in [0.25, 0.3) is 28.0 Å². The van der Waals surface area contributed by atoms with Gasteiger partial charge in [0.15, 0.2) is 5.60 Å². The van der Waals surface area contributed by atoms with Gasteiger partial charge in [-0.25, -0.2) is 0 Å². The maximum absolute atomic E-state index is 7.77. The Hall–Kier alpha value is -3.97. The number of fused-ring (bicyclic) bond motifs is 8. The molecule has 262 valence electrons. The number of anilines is 2. The molecular formula is C45H48N2O3S. The maximum atomic E-state index is 7.77. The van der Waals surface area contributed by atoms with Crippen LogP contribution in [0.1, 0.15) is 61.8 Å². The van der Waals surface area contributed by atoms with E-state index in [0.717, 1.165) is 84.0 Å². The summed E-state index contributed by atoms with van der Waals surface area (Å²) in [5.41, 5.74) is 11.1. The van der Waals surface area contributed by atoms with Gasteiger partial charge in [0.25, 0.3) is 0 Å². The molecule has 0 radical (unpaired) electrons. The number of thioether (sulfide) groups is 1. The summed E-state index contributed by atoms with van der Waals surface area (Å²) in [6.45, 7) is 11.5. The van der Waals surface area contributed by atoms with Crippen LogP contribution in [0.15, 0.2) is 95.4 Å². The fourth-order valence-electron chi connectivity index (χ4n) is 9.55. The van der Waals surface area contributed by atoms with E-state index in [1.165, 1.54) is 66.0 Å². The monoisotopic (exact) mass is 696 g/mol. The van der Waals surface area contributed by atoms with Crippen molar-refractivity contribution in [2.45, 2.75) is 55.4 Å². The highest BCUT2D eigenvalue weighted by molar-refractivity contribution is 7.98. The Morgan fingerprint density at radius 1 is 0.824 bits per heavy atom. The first-order chi connectivity index (χ1) is 25.1. The van der Waals surface area contributed by atoms with Crippen LogP contribution in [0, 0.1) is 0 Å². The predicted molar refractivity (Wildman–Crippen MR) is 213 cm³/mol. The van der Waals surface area contributed by atoms with E-state index in [9.17, 15) is 0 Å². The second-order valence-electron chi connectivity index (χ2n) is 14.5. The van der Waals surface area contributed by atoms with Gasteiger partial charge in [0.2, 0.25) is 0 Å². The third-order valence-corrected chi connectivity index (χ3v) is 13.0. The molecule has 3 aliphatic heterocycles. The van der Waals surface area contributed by atoms with E-state index < -0.39 is 5.60 Å². The molecule has 2 fully saturated rings. The molecule has 0 amide bonds. The third kappa shape index (κ3) is 5.12. The lowest BCUT2D eigenvalue weighted by Crippen LogP contribution is -2.37. The molecule has 0 saturated carbocycles. The SMILES string of the molecule is CCC1(CC)c2ccccc2-c2c1c1c(c3cc(SC)c(N4CCOCC4)cc23)OC(C2=CC=CCC2)(c2ccc(N3CCOCC3)cc2)C=C1. The van der Waals surface area contributed by atoms with Gasteiger partial charge in [-0.05, 0) is 95.5 Å². The number of hydrogen-bond acceptors (Lipinski definition) is 6. The van der Waals surface area contributed by atoms with Crippen LogP contribution >= 0.6 is 11.8 Å². The number of ether oxygens (including phenoxy) is 3. The van der Waals surface area contributed by atoms with Gasteiger partial charge >= 0.3 is 0 Å². The lowest BCUT2D eigenvalue weighted by Gasteiger charge is -2.41. The van der Waals surface area contributed by atoms with Crippen LogP contribution in [0.3, 0.4) is 0 Å². The zero-order valence-corrected chi connectivity index (χ0v) is 31.0. The fraction of sp³-hybridized carbons (Fsp3) is 0.378. The van der Waals surface area contributed by atoms with Gasteiger partial charge in [0.05, 0.1) is 32.1 Å². The van der Waals surface area contributed by atoms with Crippen LogP contribution in [-0.2, 0) is 20.5 Å². The standard InChI is InChI=1S/C45H48N2O3S/c1-4-44(5-2)38-14-10-9-13-34(38)41-36-29-39(47-23-27-49-28-24-47)40(51-3)30-37(36)43-35(42(41)44)19-20-45(50-43,31-11-7-6-8-12-31)32-15-17-33(18-16-32)46-21-25-48-26-22-46/h6-7,9-11,13-20,29-30H,4-5,8,12,21-28H2,1-3H3. The molecule has 51 heavy (non-hydrogen) atoms. The molecule has 0 bridgehead atoms. The molecule has 5 nitrogen and oxygen atoms in total. The van der Waals surface area contributed by atoms with Crippen molar-refractivity contribution < 1.29 is 14.2 Å². The van der Waals surface area contributed by atoms with E-state index in [1.54, 1.807) is 0 Å². The zero-order chi connectivity index (χ0) is 34.6. The molecule has 2 saturated heterocycles. The summed E-state index contributed by atoms with van der Waals surface area (Å²) in [6, 6.07) is 23.3. The maximum Gasteiger partial charge on any atom is 0.174 e. The molecule has 5 aliphatic rings. The van der Waals surface area contributed by atoms with Crippen LogP contribution < -0.4 is 14.5 Å². The molecule has 1 unspecified atom stereocenters. The number of morpholine rings is 2. The Morgan fingerprint density at radius 2 is 1.55 bits per heavy atom. The lowest BCUT2D eigenvalue weighted by atomic mass is 9.71. The molecule has 0 spiro atoms. The van der Waals surface area contributed by atoms with Gasteiger partial charge in [-0.15, -0.1) is 11.8 Å². The highest BCUT2D eigenvalue weighted by Crippen LogP contribution is 2.61. The Labute approximate surface area is 307 Å². The average Bonchev–Trinajstić information content (AvgIpc) is 3.52. The van der Waals surface area contributed by atoms with Gasteiger partial charge < -0.3 is 24.0 Å². The highest BCUT2D eigenvalue weighted by atomic mass is 32.2. The molecular weight excluding hydrogens is 649 g/mol. The predicted octanol–water partition coefficient (Wildman–Crippen LogP) is 9.90. The number of rotatable bonds is 7. The normalized spacial score (nSPS) is 22.0. The van der Waals surface area contributed by atoms with Gasteiger partial charge in [-0.1, -0.05) is 74.5 Å². The van der Waals surface area contributed by atoms with Crippen molar-refractivity contribution in [2.75, 3.05) is 68.7 Å². The second-order valence-corrected chi connectivity index (χ2v) is 15.3. The van der Waals surface area contributed by atoms with Gasteiger partial charge in [0.1, 0.15) is 5.75 Å². The van der Waals surface area contributed by atoms with E-state index in [2.05, 4.69) is 121 Å². The highest BCUT2D eigenvalue weighted by Gasteiger charge is 2.47. The number of benzene rings is 4. The van der Waals surface area contributed by atoms with Gasteiger partial charge in [-0.3, -0.25) is 0 Å². The zero-order valence-electron chi connectivity index (χ0n) is 30.2. The van der Waals surface area contributed by atoms with E-state index in [-0.39, 0.29) is 5.41 Å². The Balaban J connectivity index is 1.30. The van der Waals surface area contributed by atoms with E-state index in [1.807, 2.05) is 11.8 Å². The van der Waals surface area contributed by atoms with Crippen molar-refractivity contribution in [1.82, 2.24) is 0 Å². The minimum absolute atomic E-state index is 0.0954. The van der Waals surface area contributed by atoms with Crippen molar-refractivity contribution in [3.8, 4) is 16.9 Å². The topological polar surface area (TPSA) is 34.2 Å². The molecule has 1 atom stereocenters. The molecule has 4 aromatic rings. The first kappa shape index (κ1) is 32.9. The average molecular weight is 697 g/mol. The summed E-state index contributed by atoms with van der Waals surface area (Å²) in [7, 11) is 0. The van der Waals surface area contributed by atoms with Crippen molar-refractivity contribution in [3.63, 3.8) is 0 Å². The Bertz CT molecular complexity index is 2070. The van der Waals surface area contributed by atoms with E-state index in [4.69, 9.17) is 14.2 Å². The fourth-order valence-corrected chi connectivity index (χ4v) is 10.2. The van der Waals surface area contributed by atoms with Gasteiger partial charge in [0, 0.05) is 58.7 Å². The number of hydrogen-bond donors (Lipinski definition) is 0. The summed E-state index contributed by atoms with van der Waals surface area (Å²) in [5.74, 6) is 1.02. The van der Waals surface area contributed by atoms with E-state index >= 15 is 0 Å². The van der Waals surface area contributed by atoms with Crippen LogP contribution in [0.5, 0.6) is 5.75 Å². The summed E-state index contributed by atoms with van der Waals surface area (Å²) in [5, 5.41) is 2.50. The van der Waals surface area contributed by atoms with Crippen LogP contribution in [0.2, 0.25) is 0 Å². The molecule has 9 rings (SSSR count). The summed E-state index contributed by atoms with van der Waals surface area (Å²) in [4.78, 5) is 6.23. The van der Waals surface area contributed by atoms with Crippen molar-refractivity contribution in [3.05, 3.63) is 113 Å². The smallest absolute Gasteiger partial charge is 0.174 e. The number of allylic oxidation sites excluding steroid dienone is 3. The minimum atomic E-state index is -0.711. The number of nitrogens with zero attached hydrogens (tertiary/aromatic N) is 2. The molecule has 0 N–H and O–H groups in total. The Morgan fingerprint density at radius 3 is 2.24 bits per heavy atom. The molecule has 4 aromatic carbocycles. The third-order valence-electron chi connectivity index (χ3n) is 12.3. The van der Waals surface area contributed by atoms with Gasteiger partial charge in [-0.2, -0.15) is 0 Å². The molecule has 2 aliphatic carbocycles. The largest absolute Gasteiger partial charge is 0.473 e. The van der Waals surface area contributed by atoms with Crippen LogP contribution in [0.4, 0.5) is 11.4 Å². The molecule has 0 aromatic heterocycles.